The number of nitrogens with zero attached hydrogens (tertiary/aromatic N) is 6. The zero-order chi connectivity index (χ0) is 95.6. The van der Waals surface area contributed by atoms with Crippen LogP contribution in [0.2, 0.25) is 0 Å². The molecule has 21 N–H and O–H groups in total. The number of aliphatic hydroxyl groups is 1. The summed E-state index contributed by atoms with van der Waals surface area (Å²) in [7, 11) is 2.76. The number of hydrogen-bond donors (Lipinski definition) is 17. The number of nitrogens with two attached hydrogens (primary N) is 4. The Labute approximate surface area is 758 Å². The van der Waals surface area contributed by atoms with Crippen LogP contribution in [-0.4, -0.2) is 294 Å². The minimum absolute atomic E-state index is 0.0112. The first-order valence-electron chi connectivity index (χ1n) is 45.0. The molecule has 6 heterocycles. The molecule has 3 aromatic carbocycles. The molecule has 0 spiro atoms. The lowest BCUT2D eigenvalue weighted by molar-refractivity contribution is -0.149. The first kappa shape index (κ1) is 102. The SMILES string of the molecule is CCCC[C@H]1C(=O)N(C)[C@@H](CCCC)C(=O)N[C@@H](CC(C)C)C(=O)NCCC[C@@H](N)C(=O)N[C@@H](Cc2ccc(F)cc2)C(=O)N2CCCC[C@H]2C(=O)N[C@@H](CC(N)=O)C(=O)N2CCC[C@H]2C(=O)N[C@@H](CN)C(=O)N[C@@H](CCC(=O)O)C(=O)N2C[C@H](O)C[C@H]2C(=O)N[C@@H](Cc2c[nH]c3ccccc23)C(=O)N[C@@H](CCN)C(=O)N[C@@H](Cc2cn(CC(=O)O)c3ccccc23)C(=O)N1C. The Morgan fingerprint density at radius 1 is 0.511 bits per heavy atom. The lowest BCUT2D eigenvalue weighted by Crippen LogP contribution is -2.62. The van der Waals surface area contributed by atoms with Crippen LogP contribution in [0.4, 0.5) is 4.39 Å². The number of fused-ring (bicyclic) bond motifs is 5. The summed E-state index contributed by atoms with van der Waals surface area (Å²) in [6, 6.07) is -2.53. The molecule has 15 atom stereocenters. The van der Waals surface area contributed by atoms with Crippen LogP contribution in [-0.2, 0) is 107 Å². The number of aromatic amines is 1. The number of piperidine rings is 1. The van der Waals surface area contributed by atoms with E-state index in [1.165, 1.54) is 46.8 Å². The van der Waals surface area contributed by atoms with Gasteiger partial charge in [-0.25, -0.2) is 4.39 Å². The van der Waals surface area contributed by atoms with Crippen LogP contribution < -0.4 is 70.8 Å². The van der Waals surface area contributed by atoms with E-state index in [-0.39, 0.29) is 109 Å². The molecular weight excluding hydrogens is 1700 g/mol. The summed E-state index contributed by atoms with van der Waals surface area (Å²) in [5.74, 6) is -17.2. The molecule has 0 radical (unpaired) electrons. The molecule has 4 saturated heterocycles. The maximum atomic E-state index is 15.9. The quantitative estimate of drug-likeness (QED) is 0.0350. The molecule has 15 amide bonds. The fraction of sp³-hybridized carbons (Fsp3) is 0.567. The number of likely N-dealkylation sites (N-methyl/N-ethyl adjacent to an activating group) is 2. The summed E-state index contributed by atoms with van der Waals surface area (Å²) in [6.07, 6.45) is 0.553. The van der Waals surface area contributed by atoms with Gasteiger partial charge in [0.25, 0.3) is 0 Å². The zero-order valence-electron chi connectivity index (χ0n) is 75.0. The molecule has 41 heteroatoms. The van der Waals surface area contributed by atoms with Crippen LogP contribution in [0, 0.1) is 11.7 Å². The number of primary amides is 1. The maximum absolute atomic E-state index is 15.9. The van der Waals surface area contributed by atoms with Crippen LogP contribution >= 0.6 is 0 Å². The highest BCUT2D eigenvalue weighted by atomic mass is 19.1. The number of benzene rings is 3. The maximum Gasteiger partial charge on any atom is 0.323 e. The highest BCUT2D eigenvalue weighted by Gasteiger charge is 2.47. The van der Waals surface area contributed by atoms with Gasteiger partial charge in [0.2, 0.25) is 88.6 Å². The normalized spacial score (nSPS) is 25.8. The second kappa shape index (κ2) is 48.4. The van der Waals surface area contributed by atoms with Crippen molar-refractivity contribution in [3.8, 4) is 0 Å². The predicted octanol–water partition coefficient (Wildman–Crippen LogP) is -1.05. The van der Waals surface area contributed by atoms with Crippen molar-refractivity contribution in [2.24, 2.45) is 28.9 Å². The minimum Gasteiger partial charge on any atom is -0.481 e. The standard InChI is InChI=1S/C90H127FN20O20/c1-7-9-23-69-82(123)100-62(39-50(3)4)78(119)96-36-17-21-58(94)77(118)102-64(40-51-28-30-54(91)31-29-51)88(129)109-37-16-15-26-70(109)83(124)104-66(44-74(95)113)89(130)110-38-18-27-71(110)84(125)105-67(45-93)81(122)99-61(32-33-75(114)115)87(128)111-48-55(112)43-73(111)85(126)101-63(41-52-46-97-59-22-13-11-19-56(52)59)80(121)98-60(34-35-92)79(120)103-65(86(127)107(6)72(24-10-8-2)90(131)106(69)5)42-53-47-108(49-76(116)117)68-25-14-12-20-57(53)68/h11-14,19-20,22,25,28-31,46-47,50,55,58,60-67,69-73,97,112H,7-10,15-18,21,23-24,26-27,32-45,48-49,92-94H2,1-6H3,(H2,95,113)(H,96,119)(H,98,121)(H,99,122)(H,100,123)(H,101,126)(H,102,118)(H,103,120)(H,104,124)(H,105,125)(H,114,115)(H,116,117)/t55-,58-,60+,61+,62+,63+,64+,65+,66+,67+,69+,70+,71+,72+,73+/m1/s1. The van der Waals surface area contributed by atoms with Crippen molar-refractivity contribution in [3.05, 3.63) is 108 Å². The van der Waals surface area contributed by atoms with Gasteiger partial charge in [0.05, 0.1) is 18.6 Å². The van der Waals surface area contributed by atoms with E-state index >= 15 is 38.4 Å². The van der Waals surface area contributed by atoms with E-state index in [4.69, 9.17) is 22.9 Å². The molecule has 4 aliphatic rings. The highest BCUT2D eigenvalue weighted by molar-refractivity contribution is 6.02. The van der Waals surface area contributed by atoms with E-state index < -0.39 is 242 Å². The third kappa shape index (κ3) is 27.6. The number of hydrogen-bond acceptors (Lipinski definition) is 21. The van der Waals surface area contributed by atoms with Crippen molar-refractivity contribution in [2.75, 3.05) is 53.4 Å². The van der Waals surface area contributed by atoms with Crippen molar-refractivity contribution in [1.82, 2.24) is 81.9 Å². The van der Waals surface area contributed by atoms with Gasteiger partial charge in [0.15, 0.2) is 0 Å². The number of H-pyrrole nitrogens is 1. The Balaban J connectivity index is 1.09. The number of nitrogens with one attached hydrogen (secondary N) is 10. The lowest BCUT2D eigenvalue weighted by Gasteiger charge is -2.38. The van der Waals surface area contributed by atoms with Crippen molar-refractivity contribution >= 4 is 122 Å². The monoisotopic (exact) mass is 1830 g/mol. The third-order valence-electron chi connectivity index (χ3n) is 24.5. The fourth-order valence-electron chi connectivity index (χ4n) is 17.5. The van der Waals surface area contributed by atoms with Gasteiger partial charge in [-0.1, -0.05) is 102 Å². The zero-order valence-corrected chi connectivity index (χ0v) is 75.0. The number of aliphatic carboxylic acids is 2. The minimum atomic E-state index is -1.83. The Hall–Kier alpha value is -12.5. The van der Waals surface area contributed by atoms with Gasteiger partial charge in [-0.3, -0.25) is 81.5 Å². The summed E-state index contributed by atoms with van der Waals surface area (Å²) in [4.78, 5) is 256. The number of aromatic nitrogens is 2. The van der Waals surface area contributed by atoms with Gasteiger partial charge in [0, 0.05) is 113 Å². The Morgan fingerprint density at radius 2 is 1.05 bits per heavy atom. The summed E-state index contributed by atoms with van der Waals surface area (Å²) < 4.78 is 15.8. The lowest BCUT2D eigenvalue weighted by atomic mass is 9.97. The summed E-state index contributed by atoms with van der Waals surface area (Å²) in [5.41, 5.74) is 26.9. The predicted molar refractivity (Wildman–Crippen MR) is 476 cm³/mol. The first-order valence-corrected chi connectivity index (χ1v) is 45.0. The summed E-state index contributed by atoms with van der Waals surface area (Å²) in [5, 5.41) is 56.8. The van der Waals surface area contributed by atoms with E-state index in [9.17, 15) is 62.9 Å². The molecule has 9 rings (SSSR count). The second-order valence-electron chi connectivity index (χ2n) is 34.7. The molecule has 0 unspecified atom stereocenters. The average molecular weight is 1830 g/mol. The largest absolute Gasteiger partial charge is 0.481 e. The molecule has 131 heavy (non-hydrogen) atoms. The molecule has 4 fully saturated rings. The van der Waals surface area contributed by atoms with E-state index in [0.717, 1.165) is 26.8 Å². The highest BCUT2D eigenvalue weighted by Crippen LogP contribution is 2.29. The van der Waals surface area contributed by atoms with E-state index in [1.54, 1.807) is 54.7 Å². The van der Waals surface area contributed by atoms with Crippen LogP contribution in [0.3, 0.4) is 0 Å². The third-order valence-corrected chi connectivity index (χ3v) is 24.5. The summed E-state index contributed by atoms with van der Waals surface area (Å²) >= 11 is 0. The Bertz CT molecular complexity index is 4930. The number of amides is 15. The number of halogens is 1. The number of carbonyl (C=O) groups excluding carboxylic acids is 15. The molecule has 0 saturated carbocycles. The van der Waals surface area contributed by atoms with E-state index in [0.29, 0.717) is 77.0 Å². The average Bonchev–Trinajstić information content (AvgIpc) is 1.66. The van der Waals surface area contributed by atoms with Gasteiger partial charge in [-0.05, 0) is 130 Å². The van der Waals surface area contributed by atoms with Crippen molar-refractivity contribution in [3.63, 3.8) is 0 Å². The number of carboxylic acids is 2. The van der Waals surface area contributed by atoms with Crippen LogP contribution in [0.15, 0.2) is 85.2 Å². The smallest absolute Gasteiger partial charge is 0.323 e. The number of carboxylic acid groups (broad SMARTS) is 2. The summed E-state index contributed by atoms with van der Waals surface area (Å²) in [6.45, 7) is 5.05. The van der Waals surface area contributed by atoms with Crippen LogP contribution in [0.1, 0.15) is 166 Å². The van der Waals surface area contributed by atoms with Crippen molar-refractivity contribution < 1.29 is 101 Å². The number of aliphatic hydroxyl groups excluding tert-OH is 1. The number of para-hydroxylation sites is 2. The van der Waals surface area contributed by atoms with Gasteiger partial charge in [-0.15, -0.1) is 0 Å². The van der Waals surface area contributed by atoms with Crippen molar-refractivity contribution in [2.45, 2.75) is 266 Å². The molecule has 0 bridgehead atoms. The Kier molecular flexibility index (Phi) is 37.8. The van der Waals surface area contributed by atoms with Gasteiger partial charge in [0.1, 0.15) is 90.9 Å². The molecule has 4 aliphatic heterocycles. The van der Waals surface area contributed by atoms with E-state index in [1.807, 2.05) is 27.7 Å². The van der Waals surface area contributed by atoms with Crippen LogP contribution in [0.5, 0.6) is 0 Å². The van der Waals surface area contributed by atoms with Gasteiger partial charge in [-0.2, -0.15) is 0 Å². The number of carbonyl (C=O) groups is 17. The number of unbranched alkanes of at least 4 members (excludes halogenated alkanes) is 2. The van der Waals surface area contributed by atoms with E-state index in [2.05, 4.69) is 52.8 Å². The van der Waals surface area contributed by atoms with Gasteiger partial charge < -0.3 is 120 Å². The molecule has 0 aliphatic carbocycles. The second-order valence-corrected chi connectivity index (χ2v) is 34.7. The fourth-order valence-corrected chi connectivity index (χ4v) is 17.5. The first-order chi connectivity index (χ1) is 62.4. The molecule has 5 aromatic rings. The van der Waals surface area contributed by atoms with Gasteiger partial charge >= 0.3 is 11.9 Å². The molecule has 2 aromatic heterocycles. The molecule has 40 nitrogen and oxygen atoms in total. The Morgan fingerprint density at radius 3 is 1.70 bits per heavy atom. The van der Waals surface area contributed by atoms with Crippen molar-refractivity contribution in [1.29, 1.82) is 0 Å². The van der Waals surface area contributed by atoms with Crippen LogP contribution in [0.25, 0.3) is 21.8 Å². The molecular formula is C90H127FN20O20. The number of rotatable bonds is 24. The topological polar surface area (TPSA) is 600 Å². The molecule has 714 valence electrons.